The highest BCUT2D eigenvalue weighted by atomic mass is 19.2. The Labute approximate surface area is 98.5 Å². The lowest BCUT2D eigenvalue weighted by Gasteiger charge is -2.05. The third kappa shape index (κ3) is 2.61. The van der Waals surface area contributed by atoms with E-state index in [9.17, 15) is 8.78 Å². The van der Waals surface area contributed by atoms with E-state index >= 15 is 0 Å². The Kier molecular flexibility index (Phi) is 3.68. The standard InChI is InChI=1S/C12H15F2N3/c1-2-3-15-4-5-17-8-16-11-6-9(13)10(14)7-12(11)17/h6-8,15H,2-5H2,1H3. The second-order valence-electron chi connectivity index (χ2n) is 3.94. The first kappa shape index (κ1) is 12.0. The summed E-state index contributed by atoms with van der Waals surface area (Å²) in [5, 5.41) is 3.25. The number of aromatic nitrogens is 2. The van der Waals surface area contributed by atoms with Gasteiger partial charge in [0.05, 0.1) is 17.4 Å². The van der Waals surface area contributed by atoms with Gasteiger partial charge in [-0.15, -0.1) is 0 Å². The number of hydrogen-bond donors (Lipinski definition) is 1. The molecule has 0 radical (unpaired) electrons. The van der Waals surface area contributed by atoms with E-state index in [2.05, 4.69) is 17.2 Å². The highest BCUT2D eigenvalue weighted by Crippen LogP contribution is 2.17. The average Bonchev–Trinajstić information content (AvgIpc) is 2.68. The van der Waals surface area contributed by atoms with E-state index in [1.54, 1.807) is 6.33 Å². The first-order valence-corrected chi connectivity index (χ1v) is 5.73. The molecule has 0 saturated carbocycles. The van der Waals surface area contributed by atoms with E-state index in [1.165, 1.54) is 6.07 Å². The second-order valence-corrected chi connectivity index (χ2v) is 3.94. The lowest BCUT2D eigenvalue weighted by atomic mass is 10.3. The van der Waals surface area contributed by atoms with Crippen LogP contribution in [0.1, 0.15) is 13.3 Å². The molecular formula is C12H15F2N3. The zero-order valence-corrected chi connectivity index (χ0v) is 9.71. The number of benzene rings is 1. The molecule has 2 rings (SSSR count). The van der Waals surface area contributed by atoms with Crippen LogP contribution in [0.5, 0.6) is 0 Å². The van der Waals surface area contributed by atoms with Gasteiger partial charge in [-0.2, -0.15) is 0 Å². The fourth-order valence-electron chi connectivity index (χ4n) is 1.73. The van der Waals surface area contributed by atoms with Gasteiger partial charge in [0.1, 0.15) is 0 Å². The van der Waals surface area contributed by atoms with Crippen LogP contribution in [0.2, 0.25) is 0 Å². The molecule has 0 bridgehead atoms. The van der Waals surface area contributed by atoms with Gasteiger partial charge in [0.15, 0.2) is 11.6 Å². The lowest BCUT2D eigenvalue weighted by molar-refractivity contribution is 0.510. The van der Waals surface area contributed by atoms with Crippen molar-refractivity contribution < 1.29 is 8.78 Å². The van der Waals surface area contributed by atoms with E-state index in [1.807, 2.05) is 4.57 Å². The van der Waals surface area contributed by atoms with Gasteiger partial charge in [-0.3, -0.25) is 0 Å². The number of halogens is 2. The highest BCUT2D eigenvalue weighted by molar-refractivity contribution is 5.75. The maximum atomic E-state index is 13.1. The van der Waals surface area contributed by atoms with Crippen LogP contribution in [0.4, 0.5) is 8.78 Å². The maximum absolute atomic E-state index is 13.1. The highest BCUT2D eigenvalue weighted by Gasteiger charge is 2.08. The van der Waals surface area contributed by atoms with Gasteiger partial charge in [0.2, 0.25) is 0 Å². The van der Waals surface area contributed by atoms with Crippen molar-refractivity contribution in [1.82, 2.24) is 14.9 Å². The summed E-state index contributed by atoms with van der Waals surface area (Å²) in [5.74, 6) is -1.69. The van der Waals surface area contributed by atoms with Crippen LogP contribution >= 0.6 is 0 Å². The van der Waals surface area contributed by atoms with Crippen LogP contribution in [0.25, 0.3) is 11.0 Å². The number of imidazole rings is 1. The monoisotopic (exact) mass is 239 g/mol. The summed E-state index contributed by atoms with van der Waals surface area (Å²) < 4.78 is 27.9. The summed E-state index contributed by atoms with van der Waals surface area (Å²) in [6.45, 7) is 4.53. The van der Waals surface area contributed by atoms with Crippen molar-refractivity contribution in [1.29, 1.82) is 0 Å². The normalized spacial score (nSPS) is 11.2. The minimum absolute atomic E-state index is 0.486. The van der Waals surface area contributed by atoms with E-state index in [-0.39, 0.29) is 0 Å². The SMILES string of the molecule is CCCNCCn1cnc2cc(F)c(F)cc21. The molecule has 3 nitrogen and oxygen atoms in total. The molecule has 1 aromatic heterocycles. The number of hydrogen-bond acceptors (Lipinski definition) is 2. The molecule has 0 aliphatic rings. The summed E-state index contributed by atoms with van der Waals surface area (Å²) in [5.41, 5.74) is 1.11. The van der Waals surface area contributed by atoms with Gasteiger partial charge in [-0.05, 0) is 13.0 Å². The van der Waals surface area contributed by atoms with E-state index < -0.39 is 11.6 Å². The van der Waals surface area contributed by atoms with Crippen molar-refractivity contribution in [3.8, 4) is 0 Å². The Balaban J connectivity index is 2.15. The quantitative estimate of drug-likeness (QED) is 0.811. The third-order valence-electron chi connectivity index (χ3n) is 2.62. The summed E-state index contributed by atoms with van der Waals surface area (Å²) in [6.07, 6.45) is 2.68. The number of nitrogens with zero attached hydrogens (tertiary/aromatic N) is 2. The fourth-order valence-corrected chi connectivity index (χ4v) is 1.73. The van der Waals surface area contributed by atoms with Crippen LogP contribution < -0.4 is 5.32 Å². The molecule has 17 heavy (non-hydrogen) atoms. The number of fused-ring (bicyclic) bond motifs is 1. The van der Waals surface area contributed by atoms with Gasteiger partial charge in [-0.25, -0.2) is 13.8 Å². The molecule has 0 spiro atoms. The van der Waals surface area contributed by atoms with Gasteiger partial charge in [0.25, 0.3) is 0 Å². The molecule has 1 aromatic carbocycles. The molecule has 0 fully saturated rings. The van der Waals surface area contributed by atoms with Gasteiger partial charge in [0, 0.05) is 25.2 Å². The zero-order valence-electron chi connectivity index (χ0n) is 9.71. The lowest BCUT2D eigenvalue weighted by Crippen LogP contribution is -2.20. The topological polar surface area (TPSA) is 29.9 Å². The Hall–Kier alpha value is -1.49. The Morgan fingerprint density at radius 3 is 2.76 bits per heavy atom. The molecular weight excluding hydrogens is 224 g/mol. The van der Waals surface area contributed by atoms with Crippen molar-refractivity contribution in [2.24, 2.45) is 0 Å². The summed E-state index contributed by atoms with van der Waals surface area (Å²) in [7, 11) is 0. The van der Waals surface area contributed by atoms with Gasteiger partial charge >= 0.3 is 0 Å². The predicted octanol–water partition coefficient (Wildman–Crippen LogP) is 2.31. The minimum Gasteiger partial charge on any atom is -0.329 e. The minimum atomic E-state index is -0.855. The summed E-state index contributed by atoms with van der Waals surface area (Å²) in [4.78, 5) is 4.05. The molecule has 0 aliphatic heterocycles. The third-order valence-corrected chi connectivity index (χ3v) is 2.62. The van der Waals surface area contributed by atoms with Crippen LogP contribution in [0.15, 0.2) is 18.5 Å². The van der Waals surface area contributed by atoms with Crippen LogP contribution in [0, 0.1) is 11.6 Å². The van der Waals surface area contributed by atoms with Gasteiger partial charge < -0.3 is 9.88 Å². The molecule has 5 heteroatoms. The smallest absolute Gasteiger partial charge is 0.161 e. The first-order valence-electron chi connectivity index (χ1n) is 5.73. The van der Waals surface area contributed by atoms with E-state index in [0.717, 1.165) is 25.6 Å². The summed E-state index contributed by atoms with van der Waals surface area (Å²) >= 11 is 0. The van der Waals surface area contributed by atoms with Crippen molar-refractivity contribution in [3.05, 3.63) is 30.1 Å². The first-order chi connectivity index (χ1) is 8.22. The Bertz CT molecular complexity index is 508. The Morgan fingerprint density at radius 1 is 1.24 bits per heavy atom. The number of nitrogens with one attached hydrogen (secondary N) is 1. The number of rotatable bonds is 5. The second kappa shape index (κ2) is 5.23. The van der Waals surface area contributed by atoms with Crippen molar-refractivity contribution >= 4 is 11.0 Å². The van der Waals surface area contributed by atoms with Crippen molar-refractivity contribution in [2.75, 3.05) is 13.1 Å². The zero-order chi connectivity index (χ0) is 12.3. The van der Waals surface area contributed by atoms with Crippen molar-refractivity contribution in [3.63, 3.8) is 0 Å². The molecule has 1 heterocycles. The van der Waals surface area contributed by atoms with Crippen LogP contribution in [-0.2, 0) is 6.54 Å². The van der Waals surface area contributed by atoms with Crippen LogP contribution in [0.3, 0.4) is 0 Å². The largest absolute Gasteiger partial charge is 0.329 e. The molecule has 0 saturated heterocycles. The maximum Gasteiger partial charge on any atom is 0.161 e. The molecule has 0 amide bonds. The average molecular weight is 239 g/mol. The predicted molar refractivity (Wildman–Crippen MR) is 62.8 cm³/mol. The molecule has 92 valence electrons. The van der Waals surface area contributed by atoms with Crippen LogP contribution in [-0.4, -0.2) is 22.6 Å². The molecule has 0 aliphatic carbocycles. The molecule has 0 unspecified atom stereocenters. The summed E-state index contributed by atoms with van der Waals surface area (Å²) in [6, 6.07) is 2.32. The molecule has 1 N–H and O–H groups in total. The van der Waals surface area contributed by atoms with E-state index in [4.69, 9.17) is 0 Å². The van der Waals surface area contributed by atoms with Gasteiger partial charge in [-0.1, -0.05) is 6.92 Å². The van der Waals surface area contributed by atoms with E-state index in [0.29, 0.717) is 17.6 Å². The van der Waals surface area contributed by atoms with Crippen molar-refractivity contribution in [2.45, 2.75) is 19.9 Å². The molecule has 2 aromatic rings. The fraction of sp³-hybridized carbons (Fsp3) is 0.417. The molecule has 0 atom stereocenters. The Morgan fingerprint density at radius 2 is 2.00 bits per heavy atom.